The number of benzene rings is 1. The highest BCUT2D eigenvalue weighted by Crippen LogP contribution is 2.24. The van der Waals surface area contributed by atoms with Gasteiger partial charge in [0.25, 0.3) is 0 Å². The number of likely N-dealkylation sites (tertiary alicyclic amines) is 1. The van der Waals surface area contributed by atoms with Crippen LogP contribution < -0.4 is 0 Å². The minimum atomic E-state index is 0.214. The molecule has 23 heavy (non-hydrogen) atoms. The molecular formula is C17H19Cl2N3O. The Bertz CT molecular complexity index is 693. The molecule has 0 atom stereocenters. The number of carbonyl (C=O) groups is 1. The van der Waals surface area contributed by atoms with Gasteiger partial charge >= 0.3 is 0 Å². The van der Waals surface area contributed by atoms with E-state index >= 15 is 0 Å². The van der Waals surface area contributed by atoms with Crippen molar-refractivity contribution in [2.24, 2.45) is 0 Å². The van der Waals surface area contributed by atoms with E-state index in [0.717, 1.165) is 24.5 Å². The van der Waals surface area contributed by atoms with E-state index in [4.69, 9.17) is 23.2 Å². The first-order valence-electron chi connectivity index (χ1n) is 7.86. The summed E-state index contributed by atoms with van der Waals surface area (Å²) in [6.07, 6.45) is 5.87. The van der Waals surface area contributed by atoms with Crippen molar-refractivity contribution in [1.29, 1.82) is 0 Å². The average Bonchev–Trinajstić information content (AvgIpc) is 2.99. The largest absolute Gasteiger partial charge is 0.298 e. The maximum atomic E-state index is 12.2. The molecule has 0 amide bonds. The quantitative estimate of drug-likeness (QED) is 0.822. The van der Waals surface area contributed by atoms with E-state index in [1.807, 2.05) is 18.3 Å². The van der Waals surface area contributed by atoms with Crippen LogP contribution in [0.4, 0.5) is 0 Å². The summed E-state index contributed by atoms with van der Waals surface area (Å²) in [6, 6.07) is 7.22. The van der Waals surface area contributed by atoms with Crippen LogP contribution in [0.1, 0.15) is 25.0 Å². The molecule has 1 aliphatic heterocycles. The second-order valence-electron chi connectivity index (χ2n) is 5.90. The minimum Gasteiger partial charge on any atom is -0.298 e. The van der Waals surface area contributed by atoms with Crippen molar-refractivity contribution in [2.45, 2.75) is 25.7 Å². The number of halogens is 2. The van der Waals surface area contributed by atoms with Crippen molar-refractivity contribution in [1.82, 2.24) is 14.7 Å². The molecule has 6 heteroatoms. The van der Waals surface area contributed by atoms with E-state index in [0.29, 0.717) is 23.0 Å². The maximum absolute atomic E-state index is 12.2. The third kappa shape index (κ3) is 4.34. The van der Waals surface area contributed by atoms with Gasteiger partial charge in [-0.3, -0.25) is 9.69 Å². The second kappa shape index (κ2) is 7.47. The Hall–Kier alpha value is -1.36. The Balaban J connectivity index is 1.62. The summed E-state index contributed by atoms with van der Waals surface area (Å²) in [7, 11) is 0. The molecule has 1 fully saturated rings. The molecule has 2 aromatic rings. The Kier molecular flexibility index (Phi) is 5.36. The number of rotatable bonds is 5. The van der Waals surface area contributed by atoms with Gasteiger partial charge in [0.05, 0.1) is 34.4 Å². The van der Waals surface area contributed by atoms with Crippen molar-refractivity contribution < 1.29 is 4.79 Å². The van der Waals surface area contributed by atoms with Crippen molar-refractivity contribution in [3.05, 3.63) is 46.2 Å². The van der Waals surface area contributed by atoms with Gasteiger partial charge in [0.15, 0.2) is 5.78 Å². The van der Waals surface area contributed by atoms with Gasteiger partial charge in [-0.2, -0.15) is 5.10 Å². The van der Waals surface area contributed by atoms with Crippen molar-refractivity contribution >= 4 is 29.0 Å². The highest BCUT2D eigenvalue weighted by molar-refractivity contribution is 6.42. The van der Waals surface area contributed by atoms with Gasteiger partial charge in [-0.1, -0.05) is 29.6 Å². The van der Waals surface area contributed by atoms with Gasteiger partial charge in [-0.05, 0) is 50.2 Å². The first-order valence-corrected chi connectivity index (χ1v) is 8.61. The van der Waals surface area contributed by atoms with E-state index < -0.39 is 0 Å². The smallest absolute Gasteiger partial charge is 0.152 e. The summed E-state index contributed by atoms with van der Waals surface area (Å²) < 4.78 is 1.71. The number of nitrogens with zero attached hydrogens (tertiary/aromatic N) is 3. The van der Waals surface area contributed by atoms with Gasteiger partial charge in [0.1, 0.15) is 0 Å². The number of hydrogen-bond donors (Lipinski definition) is 0. The van der Waals surface area contributed by atoms with E-state index in [1.54, 1.807) is 16.8 Å². The lowest BCUT2D eigenvalue weighted by Crippen LogP contribution is -2.35. The predicted molar refractivity (Wildman–Crippen MR) is 92.6 cm³/mol. The van der Waals surface area contributed by atoms with Crippen LogP contribution in [0, 0.1) is 0 Å². The molecule has 0 spiro atoms. The van der Waals surface area contributed by atoms with Crippen LogP contribution in [0.2, 0.25) is 10.0 Å². The molecule has 3 rings (SSSR count). The molecule has 2 heterocycles. The summed E-state index contributed by atoms with van der Waals surface area (Å²) in [5.41, 5.74) is 1.60. The lowest BCUT2D eigenvalue weighted by atomic mass is 10.1. The molecule has 4 nitrogen and oxygen atoms in total. The van der Waals surface area contributed by atoms with Gasteiger partial charge in [0.2, 0.25) is 0 Å². The third-order valence-corrected chi connectivity index (χ3v) is 4.78. The number of carbonyl (C=O) groups excluding carboxylic acids is 1. The Morgan fingerprint density at radius 2 is 1.87 bits per heavy atom. The van der Waals surface area contributed by atoms with Crippen LogP contribution in [-0.2, 0) is 11.2 Å². The molecule has 0 radical (unpaired) electrons. The third-order valence-electron chi connectivity index (χ3n) is 4.04. The van der Waals surface area contributed by atoms with Gasteiger partial charge < -0.3 is 0 Å². The normalized spacial score (nSPS) is 15.7. The lowest BCUT2D eigenvalue weighted by molar-refractivity contribution is -0.119. The topological polar surface area (TPSA) is 38.1 Å². The molecule has 0 N–H and O–H groups in total. The van der Waals surface area contributed by atoms with E-state index in [-0.39, 0.29) is 5.78 Å². The molecule has 0 aliphatic carbocycles. The highest BCUT2D eigenvalue weighted by atomic mass is 35.5. The number of aromatic nitrogens is 2. The number of hydrogen-bond acceptors (Lipinski definition) is 3. The zero-order valence-corrected chi connectivity index (χ0v) is 14.4. The minimum absolute atomic E-state index is 0.214. The molecule has 122 valence electrons. The molecule has 0 bridgehead atoms. The summed E-state index contributed by atoms with van der Waals surface area (Å²) in [5.74, 6) is 0.214. The number of Topliss-reactive ketones (excluding diaryl/α,β-unsaturated/α-hetero) is 1. The summed E-state index contributed by atoms with van der Waals surface area (Å²) in [5, 5.41) is 5.46. The zero-order chi connectivity index (χ0) is 16.2. The van der Waals surface area contributed by atoms with Crippen LogP contribution in [0.15, 0.2) is 30.5 Å². The van der Waals surface area contributed by atoms with E-state index in [1.165, 1.54) is 19.3 Å². The Morgan fingerprint density at radius 3 is 2.61 bits per heavy atom. The zero-order valence-electron chi connectivity index (χ0n) is 12.8. The van der Waals surface area contributed by atoms with Crippen molar-refractivity contribution in [2.75, 3.05) is 19.6 Å². The van der Waals surface area contributed by atoms with Crippen LogP contribution in [0.3, 0.4) is 0 Å². The molecule has 1 aliphatic rings. The number of piperidine rings is 1. The van der Waals surface area contributed by atoms with Gasteiger partial charge in [-0.25, -0.2) is 4.68 Å². The molecule has 0 unspecified atom stereocenters. The fraction of sp³-hybridized carbons (Fsp3) is 0.412. The summed E-state index contributed by atoms with van der Waals surface area (Å²) in [6.45, 7) is 2.59. The van der Waals surface area contributed by atoms with Crippen LogP contribution in [0.5, 0.6) is 0 Å². The number of ketones is 1. The standard InChI is InChI=1S/C17H19Cl2N3O/c18-16-5-4-14(11-17(16)19)22-9-6-13(20-22)10-15(23)12-21-7-2-1-3-8-21/h4-6,9,11H,1-3,7-8,10,12H2. The Morgan fingerprint density at radius 1 is 1.09 bits per heavy atom. The summed E-state index contributed by atoms with van der Waals surface area (Å²) in [4.78, 5) is 14.4. The van der Waals surface area contributed by atoms with Crippen molar-refractivity contribution in [3.63, 3.8) is 0 Å². The molecule has 1 aromatic carbocycles. The van der Waals surface area contributed by atoms with Crippen LogP contribution in [-0.4, -0.2) is 40.1 Å². The molecule has 1 saturated heterocycles. The van der Waals surface area contributed by atoms with Gasteiger partial charge in [-0.15, -0.1) is 0 Å². The van der Waals surface area contributed by atoms with Crippen LogP contribution >= 0.6 is 23.2 Å². The van der Waals surface area contributed by atoms with Gasteiger partial charge in [0, 0.05) is 6.20 Å². The lowest BCUT2D eigenvalue weighted by Gasteiger charge is -2.25. The van der Waals surface area contributed by atoms with Crippen LogP contribution in [0.25, 0.3) is 5.69 Å². The molecule has 0 saturated carbocycles. The first-order chi connectivity index (χ1) is 11.1. The fourth-order valence-electron chi connectivity index (χ4n) is 2.85. The SMILES string of the molecule is O=C(Cc1ccn(-c2ccc(Cl)c(Cl)c2)n1)CN1CCCCC1. The first kappa shape index (κ1) is 16.5. The predicted octanol–water partition coefficient (Wildman–Crippen LogP) is 3.78. The molecule has 1 aromatic heterocycles. The second-order valence-corrected chi connectivity index (χ2v) is 6.72. The van der Waals surface area contributed by atoms with E-state index in [9.17, 15) is 4.79 Å². The monoisotopic (exact) mass is 351 g/mol. The van der Waals surface area contributed by atoms with E-state index in [2.05, 4.69) is 10.00 Å². The fourth-order valence-corrected chi connectivity index (χ4v) is 3.14. The Labute approximate surface area is 146 Å². The summed E-state index contributed by atoms with van der Waals surface area (Å²) >= 11 is 12.0. The molecular weight excluding hydrogens is 333 g/mol. The maximum Gasteiger partial charge on any atom is 0.152 e. The average molecular weight is 352 g/mol. The van der Waals surface area contributed by atoms with Crippen molar-refractivity contribution in [3.8, 4) is 5.69 Å². The highest BCUT2D eigenvalue weighted by Gasteiger charge is 2.15.